The first-order valence-corrected chi connectivity index (χ1v) is 12.8. The highest BCUT2D eigenvalue weighted by Gasteiger charge is 2.22. The summed E-state index contributed by atoms with van der Waals surface area (Å²) < 4.78 is 4.67. The number of ether oxygens (including phenoxy) is 1. The van der Waals surface area contributed by atoms with Gasteiger partial charge < -0.3 is 20.4 Å². The first-order chi connectivity index (χ1) is 18.0. The van der Waals surface area contributed by atoms with Crippen LogP contribution in [0, 0.1) is 0 Å². The lowest BCUT2D eigenvalue weighted by Gasteiger charge is -2.20. The quantitative estimate of drug-likeness (QED) is 0.397. The summed E-state index contributed by atoms with van der Waals surface area (Å²) in [4.78, 5) is 45.5. The molecule has 2 heterocycles. The van der Waals surface area contributed by atoms with Crippen molar-refractivity contribution >= 4 is 29.3 Å². The van der Waals surface area contributed by atoms with Crippen LogP contribution in [0.2, 0.25) is 0 Å². The lowest BCUT2D eigenvalue weighted by atomic mass is 9.90. The zero-order valence-electron chi connectivity index (χ0n) is 20.9. The fraction of sp³-hybridized carbons (Fsp3) is 0.357. The molecule has 3 aromatic rings. The van der Waals surface area contributed by atoms with Crippen LogP contribution in [0.15, 0.2) is 42.6 Å². The van der Waals surface area contributed by atoms with Crippen LogP contribution in [-0.2, 0) is 22.4 Å². The Bertz CT molecular complexity index is 1330. The molecule has 37 heavy (non-hydrogen) atoms. The van der Waals surface area contributed by atoms with Gasteiger partial charge in [-0.05, 0) is 80.0 Å². The summed E-state index contributed by atoms with van der Waals surface area (Å²) in [5, 5.41) is 8.74. The van der Waals surface area contributed by atoms with Gasteiger partial charge >= 0.3 is 6.09 Å². The number of H-pyrrole nitrogens is 1. The van der Waals surface area contributed by atoms with E-state index in [1.807, 2.05) is 12.1 Å². The van der Waals surface area contributed by atoms with Gasteiger partial charge in [0.2, 0.25) is 5.91 Å². The van der Waals surface area contributed by atoms with Crippen LogP contribution in [0.5, 0.6) is 0 Å². The molecule has 1 atom stereocenters. The van der Waals surface area contributed by atoms with Crippen LogP contribution >= 0.6 is 0 Å². The minimum Gasteiger partial charge on any atom is -0.453 e. The summed E-state index contributed by atoms with van der Waals surface area (Å²) in [5.41, 5.74) is 5.73. The lowest BCUT2D eigenvalue weighted by Crippen LogP contribution is -2.29. The van der Waals surface area contributed by atoms with Crippen molar-refractivity contribution in [2.45, 2.75) is 57.4 Å². The molecule has 9 heteroatoms. The van der Waals surface area contributed by atoms with Crippen molar-refractivity contribution in [1.82, 2.24) is 15.3 Å². The number of rotatable bonds is 3. The summed E-state index contributed by atoms with van der Waals surface area (Å²) in [6.07, 6.45) is 7.96. The zero-order chi connectivity index (χ0) is 25.8. The van der Waals surface area contributed by atoms with Crippen molar-refractivity contribution in [3.05, 3.63) is 65.1 Å². The van der Waals surface area contributed by atoms with Gasteiger partial charge in [0.15, 0.2) is 0 Å². The van der Waals surface area contributed by atoms with E-state index in [-0.39, 0.29) is 17.9 Å². The Balaban J connectivity index is 1.41. The SMILES string of the molecule is COC(=O)Nc1ccc2c(c1)NC(=O)CCCC[C@H](NC(=O)c1ccc3c(c1)CCCC3)c1ncc-2[nH]1. The van der Waals surface area contributed by atoms with Crippen LogP contribution in [0.4, 0.5) is 16.2 Å². The number of methoxy groups -OCH3 is 1. The molecule has 0 fully saturated rings. The predicted octanol–water partition coefficient (Wildman–Crippen LogP) is 5.12. The van der Waals surface area contributed by atoms with E-state index in [1.54, 1.807) is 24.4 Å². The molecule has 0 spiro atoms. The first kappa shape index (κ1) is 24.5. The summed E-state index contributed by atoms with van der Waals surface area (Å²) in [6.45, 7) is 0. The zero-order valence-corrected chi connectivity index (χ0v) is 20.9. The van der Waals surface area contributed by atoms with E-state index in [9.17, 15) is 14.4 Å². The number of imidazole rings is 1. The highest BCUT2D eigenvalue weighted by Crippen LogP contribution is 2.32. The van der Waals surface area contributed by atoms with E-state index in [4.69, 9.17) is 0 Å². The number of fused-ring (bicyclic) bond motifs is 5. The number of aromatic amines is 1. The Morgan fingerprint density at radius 3 is 2.65 bits per heavy atom. The van der Waals surface area contributed by atoms with E-state index < -0.39 is 6.09 Å². The van der Waals surface area contributed by atoms with Crippen molar-refractivity contribution < 1.29 is 19.1 Å². The Morgan fingerprint density at radius 1 is 1.00 bits per heavy atom. The number of hydrogen-bond acceptors (Lipinski definition) is 5. The van der Waals surface area contributed by atoms with Gasteiger partial charge in [-0.1, -0.05) is 12.5 Å². The van der Waals surface area contributed by atoms with Gasteiger partial charge in [-0.15, -0.1) is 0 Å². The number of carbonyl (C=O) groups is 3. The summed E-state index contributed by atoms with van der Waals surface area (Å²) in [6, 6.07) is 10.9. The van der Waals surface area contributed by atoms with Crippen LogP contribution in [-0.4, -0.2) is 35.0 Å². The predicted molar refractivity (Wildman–Crippen MR) is 140 cm³/mol. The van der Waals surface area contributed by atoms with Crippen molar-refractivity contribution in [3.8, 4) is 11.3 Å². The van der Waals surface area contributed by atoms with Gasteiger partial charge in [-0.3, -0.25) is 14.9 Å². The maximum Gasteiger partial charge on any atom is 0.411 e. The second kappa shape index (κ2) is 10.9. The van der Waals surface area contributed by atoms with Gasteiger partial charge in [-0.2, -0.15) is 0 Å². The van der Waals surface area contributed by atoms with Crippen LogP contribution in [0.25, 0.3) is 11.3 Å². The number of amides is 3. The maximum atomic E-state index is 13.2. The smallest absolute Gasteiger partial charge is 0.411 e. The number of carbonyl (C=O) groups excluding carboxylic acids is 3. The molecule has 1 aliphatic carbocycles. The molecule has 0 radical (unpaired) electrons. The first-order valence-electron chi connectivity index (χ1n) is 12.8. The fourth-order valence-corrected chi connectivity index (χ4v) is 5.02. The normalized spacial score (nSPS) is 17.2. The van der Waals surface area contributed by atoms with Gasteiger partial charge in [0.05, 0.1) is 30.7 Å². The standard InChI is InChI=1S/C28H31N5O4/c1-37-28(36)30-20-12-13-21-23(15-20)31-25(34)9-5-4-8-22(26-29-16-24(21)32-26)33-27(35)19-11-10-17-6-2-3-7-18(17)14-19/h10-16,22H,2-9H2,1H3,(H,29,32)(H,30,36)(H,31,34)(H,33,35)/t22-/m0/s1. The van der Waals surface area contributed by atoms with Crippen molar-refractivity contribution in [2.75, 3.05) is 17.7 Å². The molecule has 192 valence electrons. The minimum absolute atomic E-state index is 0.119. The Hall–Kier alpha value is -4.14. The molecule has 2 bridgehead atoms. The molecule has 0 saturated heterocycles. The van der Waals surface area contributed by atoms with E-state index in [2.05, 4.69) is 36.7 Å². The van der Waals surface area contributed by atoms with Crippen molar-refractivity contribution in [1.29, 1.82) is 0 Å². The van der Waals surface area contributed by atoms with Gasteiger partial charge in [-0.25, -0.2) is 9.78 Å². The highest BCUT2D eigenvalue weighted by atomic mass is 16.5. The van der Waals surface area contributed by atoms with E-state index in [0.717, 1.165) is 31.2 Å². The molecular formula is C28H31N5O4. The third-order valence-electron chi connectivity index (χ3n) is 7.00. The monoisotopic (exact) mass is 501 g/mol. The number of anilines is 2. The number of hydrogen-bond donors (Lipinski definition) is 4. The largest absolute Gasteiger partial charge is 0.453 e. The summed E-state index contributed by atoms with van der Waals surface area (Å²) >= 11 is 0. The van der Waals surface area contributed by atoms with Crippen molar-refractivity contribution in [3.63, 3.8) is 0 Å². The Labute approximate surface area is 215 Å². The molecule has 5 rings (SSSR count). The number of aryl methyl sites for hydroxylation is 2. The minimum atomic E-state index is -0.597. The number of benzene rings is 2. The molecule has 1 aliphatic heterocycles. The van der Waals surface area contributed by atoms with E-state index in [0.29, 0.717) is 47.7 Å². The average molecular weight is 502 g/mol. The van der Waals surface area contributed by atoms with Crippen molar-refractivity contribution in [2.24, 2.45) is 0 Å². The molecule has 2 aromatic carbocycles. The molecular weight excluding hydrogens is 470 g/mol. The Morgan fingerprint density at radius 2 is 1.81 bits per heavy atom. The van der Waals surface area contributed by atoms with Crippen LogP contribution in [0.3, 0.4) is 0 Å². The molecule has 3 amide bonds. The van der Waals surface area contributed by atoms with Crippen LogP contribution in [0.1, 0.15) is 71.9 Å². The lowest BCUT2D eigenvalue weighted by molar-refractivity contribution is -0.116. The number of nitrogens with one attached hydrogen (secondary N) is 4. The van der Waals surface area contributed by atoms with Crippen LogP contribution < -0.4 is 16.0 Å². The molecule has 1 aromatic heterocycles. The molecule has 4 N–H and O–H groups in total. The van der Waals surface area contributed by atoms with E-state index in [1.165, 1.54) is 24.7 Å². The molecule has 9 nitrogen and oxygen atoms in total. The third-order valence-corrected chi connectivity index (χ3v) is 7.00. The number of nitrogens with zero attached hydrogens (tertiary/aromatic N) is 1. The molecule has 0 saturated carbocycles. The van der Waals surface area contributed by atoms with E-state index >= 15 is 0 Å². The third kappa shape index (κ3) is 5.66. The average Bonchev–Trinajstić information content (AvgIpc) is 3.39. The van der Waals surface area contributed by atoms with Gasteiger partial charge in [0.25, 0.3) is 5.91 Å². The second-order valence-electron chi connectivity index (χ2n) is 9.57. The maximum absolute atomic E-state index is 13.2. The summed E-state index contributed by atoms with van der Waals surface area (Å²) in [7, 11) is 1.29. The molecule has 2 aliphatic rings. The fourth-order valence-electron chi connectivity index (χ4n) is 5.02. The van der Waals surface area contributed by atoms with Gasteiger partial charge in [0, 0.05) is 23.2 Å². The summed E-state index contributed by atoms with van der Waals surface area (Å²) in [5.74, 6) is 0.419. The number of aromatic nitrogens is 2. The molecule has 0 unspecified atom stereocenters. The van der Waals surface area contributed by atoms with Gasteiger partial charge in [0.1, 0.15) is 5.82 Å². The highest BCUT2D eigenvalue weighted by molar-refractivity contribution is 5.97. The second-order valence-corrected chi connectivity index (χ2v) is 9.57. The topological polar surface area (TPSA) is 125 Å². The Kier molecular flexibility index (Phi) is 7.20.